The van der Waals surface area contributed by atoms with Crippen LogP contribution >= 0.6 is 0 Å². The van der Waals surface area contributed by atoms with E-state index in [4.69, 9.17) is 0 Å². The largest absolute Gasteiger partial charge is 0.328 e. The van der Waals surface area contributed by atoms with Gasteiger partial charge in [0.1, 0.15) is 4.90 Å². The van der Waals surface area contributed by atoms with Gasteiger partial charge in [-0.15, -0.1) is 0 Å². The van der Waals surface area contributed by atoms with E-state index in [2.05, 4.69) is 4.72 Å². The second-order valence-electron chi connectivity index (χ2n) is 4.53. The maximum Gasteiger partial charge on any atom is 0.328 e. The topological polar surface area (TPSA) is 49.2 Å². The molecule has 5 heteroatoms. The van der Waals surface area contributed by atoms with Crippen LogP contribution in [-0.2, 0) is 10.0 Å². The molecule has 0 aliphatic rings. The lowest BCUT2D eigenvalue weighted by atomic mass is 10.2. The van der Waals surface area contributed by atoms with Crippen LogP contribution in [0.4, 0.5) is 0 Å². The Balaban J connectivity index is 2.39. The number of rotatable bonds is 3. The summed E-state index contributed by atoms with van der Waals surface area (Å²) in [5.74, 6) is 0.537. The average molecular weight is 289 g/mol. The van der Waals surface area contributed by atoms with Gasteiger partial charge in [-0.3, -0.25) is 4.58 Å². The second kappa shape index (κ2) is 5.88. The summed E-state index contributed by atoms with van der Waals surface area (Å²) in [5, 5.41) is 0. The van der Waals surface area contributed by atoms with E-state index in [0.717, 1.165) is 5.56 Å². The quantitative estimate of drug-likeness (QED) is 0.531. The van der Waals surface area contributed by atoms with Crippen LogP contribution in [0.25, 0.3) is 0 Å². The zero-order chi connectivity index (χ0) is 14.6. The lowest BCUT2D eigenvalue weighted by Crippen LogP contribution is -2.36. The van der Waals surface area contributed by atoms with Crippen molar-refractivity contribution in [3.8, 4) is 0 Å². The van der Waals surface area contributed by atoms with Crippen LogP contribution < -0.4 is 4.72 Å². The molecule has 0 saturated heterocycles. The molecule has 0 unspecified atom stereocenters. The Kier molecular flexibility index (Phi) is 4.20. The lowest BCUT2D eigenvalue weighted by molar-refractivity contribution is -0.465. The summed E-state index contributed by atoms with van der Waals surface area (Å²) < 4.78 is 29.1. The molecule has 20 heavy (non-hydrogen) atoms. The zero-order valence-corrected chi connectivity index (χ0v) is 12.3. The number of nitrogens with one attached hydrogen (secondary N) is 1. The summed E-state index contributed by atoms with van der Waals surface area (Å²) in [6.45, 7) is 0. The molecule has 2 aromatic carbocycles. The van der Waals surface area contributed by atoms with Crippen LogP contribution in [0.3, 0.4) is 0 Å². The number of hydrogen-bond acceptors (Lipinski definition) is 2. The minimum atomic E-state index is -3.58. The van der Waals surface area contributed by atoms with Crippen molar-refractivity contribution in [1.82, 2.24) is 4.72 Å². The number of sulfonamides is 1. The molecule has 0 aliphatic heterocycles. The summed E-state index contributed by atoms with van der Waals surface area (Å²) in [7, 11) is 0.0215. The molecule has 1 N–H and O–H groups in total. The van der Waals surface area contributed by atoms with Crippen molar-refractivity contribution >= 4 is 15.9 Å². The minimum Gasteiger partial charge on any atom is -0.266 e. The summed E-state index contributed by atoms with van der Waals surface area (Å²) >= 11 is 0. The molecule has 0 heterocycles. The molecule has 0 bridgehead atoms. The van der Waals surface area contributed by atoms with E-state index in [0.29, 0.717) is 5.84 Å². The van der Waals surface area contributed by atoms with Gasteiger partial charge in [0.25, 0.3) is 5.84 Å². The van der Waals surface area contributed by atoms with E-state index in [9.17, 15) is 8.42 Å². The van der Waals surface area contributed by atoms with Crippen LogP contribution in [-0.4, -0.2) is 32.9 Å². The van der Waals surface area contributed by atoms with E-state index in [1.54, 1.807) is 49.0 Å². The summed E-state index contributed by atoms with van der Waals surface area (Å²) in [6, 6.07) is 17.7. The smallest absolute Gasteiger partial charge is 0.266 e. The average Bonchev–Trinajstić information content (AvgIpc) is 2.46. The summed E-state index contributed by atoms with van der Waals surface area (Å²) in [6.07, 6.45) is 0. The number of hydrogen-bond donors (Lipinski definition) is 1. The Morgan fingerprint density at radius 3 is 1.90 bits per heavy atom. The highest BCUT2D eigenvalue weighted by atomic mass is 32.2. The molecule has 0 aliphatic carbocycles. The third-order valence-corrected chi connectivity index (χ3v) is 4.13. The molecule has 0 fully saturated rings. The molecular formula is C15H17N2O2S+. The van der Waals surface area contributed by atoms with Crippen LogP contribution in [0, 0.1) is 0 Å². The first-order valence-electron chi connectivity index (χ1n) is 6.18. The number of amidine groups is 1. The van der Waals surface area contributed by atoms with Gasteiger partial charge in [0, 0.05) is 0 Å². The first-order valence-corrected chi connectivity index (χ1v) is 7.66. The van der Waals surface area contributed by atoms with Gasteiger partial charge in [-0.1, -0.05) is 36.4 Å². The van der Waals surface area contributed by atoms with Crippen molar-refractivity contribution in [3.05, 3.63) is 66.2 Å². The Bertz CT molecular complexity index is 704. The number of benzene rings is 2. The predicted molar refractivity (Wildman–Crippen MR) is 79.4 cm³/mol. The van der Waals surface area contributed by atoms with E-state index in [1.807, 2.05) is 30.3 Å². The number of nitrogens with zero attached hydrogens (tertiary/aromatic N) is 1. The molecule has 0 saturated carbocycles. The monoisotopic (exact) mass is 289 g/mol. The van der Waals surface area contributed by atoms with Gasteiger partial charge in [0.2, 0.25) is 0 Å². The molecule has 2 aromatic rings. The molecular weight excluding hydrogens is 272 g/mol. The third-order valence-electron chi connectivity index (χ3n) is 2.78. The molecule has 2 rings (SSSR count). The van der Waals surface area contributed by atoms with E-state index in [-0.39, 0.29) is 4.90 Å². The van der Waals surface area contributed by atoms with Gasteiger partial charge < -0.3 is 0 Å². The normalized spacial score (nSPS) is 10.9. The highest BCUT2D eigenvalue weighted by Gasteiger charge is 2.23. The van der Waals surface area contributed by atoms with E-state index < -0.39 is 10.0 Å². The zero-order valence-electron chi connectivity index (χ0n) is 11.4. The van der Waals surface area contributed by atoms with Crippen molar-refractivity contribution in [2.24, 2.45) is 0 Å². The van der Waals surface area contributed by atoms with Crippen molar-refractivity contribution < 1.29 is 13.0 Å². The summed E-state index contributed by atoms with van der Waals surface area (Å²) in [4.78, 5) is 0.246. The van der Waals surface area contributed by atoms with Gasteiger partial charge >= 0.3 is 10.0 Å². The molecule has 0 radical (unpaired) electrons. The fraction of sp³-hybridized carbons (Fsp3) is 0.133. The maximum absolute atomic E-state index is 12.4. The lowest BCUT2D eigenvalue weighted by Gasteiger charge is -2.07. The van der Waals surface area contributed by atoms with Gasteiger partial charge in [0.15, 0.2) is 0 Å². The van der Waals surface area contributed by atoms with Crippen LogP contribution in [0.1, 0.15) is 5.56 Å². The predicted octanol–water partition coefficient (Wildman–Crippen LogP) is 1.68. The Hall–Kier alpha value is -2.14. The SMILES string of the molecule is C[N+](C)=C(NS(=O)(=O)c1ccccc1)c1ccccc1. The molecule has 0 spiro atoms. The van der Waals surface area contributed by atoms with Crippen LogP contribution in [0.15, 0.2) is 65.6 Å². The van der Waals surface area contributed by atoms with Gasteiger partial charge in [-0.2, -0.15) is 13.1 Å². The van der Waals surface area contributed by atoms with Gasteiger partial charge in [-0.25, -0.2) is 0 Å². The van der Waals surface area contributed by atoms with Gasteiger partial charge in [0.05, 0.1) is 19.7 Å². The molecule has 4 nitrogen and oxygen atoms in total. The van der Waals surface area contributed by atoms with Crippen LogP contribution in [0.2, 0.25) is 0 Å². The van der Waals surface area contributed by atoms with Crippen molar-refractivity contribution in [1.29, 1.82) is 0 Å². The van der Waals surface area contributed by atoms with Crippen LogP contribution in [0.5, 0.6) is 0 Å². The Labute approximate surface area is 119 Å². The first kappa shape index (κ1) is 14.3. The Morgan fingerprint density at radius 2 is 1.40 bits per heavy atom. The molecule has 0 amide bonds. The van der Waals surface area contributed by atoms with Gasteiger partial charge in [-0.05, 0) is 24.3 Å². The second-order valence-corrected chi connectivity index (χ2v) is 6.21. The van der Waals surface area contributed by atoms with Crippen molar-refractivity contribution in [3.63, 3.8) is 0 Å². The fourth-order valence-corrected chi connectivity index (χ4v) is 2.98. The summed E-state index contributed by atoms with van der Waals surface area (Å²) in [5.41, 5.74) is 0.817. The highest BCUT2D eigenvalue weighted by molar-refractivity contribution is 7.90. The maximum atomic E-state index is 12.4. The van der Waals surface area contributed by atoms with Crippen molar-refractivity contribution in [2.75, 3.05) is 14.1 Å². The first-order chi connectivity index (χ1) is 9.50. The standard InChI is InChI=1S/C15H16N2O2S/c1-17(2)15(13-9-5-3-6-10-13)16-20(18,19)14-11-7-4-8-12-14/h3-12H,1-2H3/p+1. The van der Waals surface area contributed by atoms with E-state index in [1.165, 1.54) is 0 Å². The molecule has 0 atom stereocenters. The molecule has 0 aromatic heterocycles. The Morgan fingerprint density at radius 1 is 0.900 bits per heavy atom. The van der Waals surface area contributed by atoms with E-state index >= 15 is 0 Å². The van der Waals surface area contributed by atoms with Crippen molar-refractivity contribution in [2.45, 2.75) is 4.90 Å². The fourth-order valence-electron chi connectivity index (χ4n) is 1.79. The third kappa shape index (κ3) is 3.24. The highest BCUT2D eigenvalue weighted by Crippen LogP contribution is 2.09. The molecule has 104 valence electrons. The minimum absolute atomic E-state index is 0.246.